The minimum Gasteiger partial charge on any atom is -0.381 e. The Kier molecular flexibility index (Phi) is 4.63. The van der Waals surface area contributed by atoms with E-state index in [9.17, 15) is 0 Å². The summed E-state index contributed by atoms with van der Waals surface area (Å²) in [6, 6.07) is 0. The molecule has 1 unspecified atom stereocenters. The SMILES string of the molecule is Cn1cc(CNCCC2CCOC2)c(C(C)(C)C)n1. The molecule has 0 bridgehead atoms. The van der Waals surface area contributed by atoms with Crippen LogP contribution in [-0.4, -0.2) is 29.5 Å². The van der Waals surface area contributed by atoms with Crippen LogP contribution in [0.4, 0.5) is 0 Å². The van der Waals surface area contributed by atoms with Crippen molar-refractivity contribution >= 4 is 0 Å². The molecule has 1 aliphatic rings. The lowest BCUT2D eigenvalue weighted by atomic mass is 9.89. The number of hydrogen-bond acceptors (Lipinski definition) is 3. The molecule has 1 saturated heterocycles. The van der Waals surface area contributed by atoms with Gasteiger partial charge in [0.15, 0.2) is 0 Å². The summed E-state index contributed by atoms with van der Waals surface area (Å²) in [7, 11) is 1.99. The van der Waals surface area contributed by atoms with E-state index in [1.807, 2.05) is 11.7 Å². The second-order valence-corrected chi connectivity index (χ2v) is 6.62. The molecule has 1 aromatic rings. The zero-order chi connectivity index (χ0) is 13.9. The fourth-order valence-corrected chi connectivity index (χ4v) is 2.64. The van der Waals surface area contributed by atoms with Gasteiger partial charge in [0, 0.05) is 44.0 Å². The highest BCUT2D eigenvalue weighted by Crippen LogP contribution is 2.24. The van der Waals surface area contributed by atoms with Gasteiger partial charge < -0.3 is 10.1 Å². The maximum atomic E-state index is 5.40. The van der Waals surface area contributed by atoms with E-state index < -0.39 is 0 Å². The predicted octanol–water partition coefficient (Wildman–Crippen LogP) is 2.23. The zero-order valence-corrected chi connectivity index (χ0v) is 12.7. The molecular weight excluding hydrogens is 238 g/mol. The average molecular weight is 265 g/mol. The minimum atomic E-state index is 0.109. The van der Waals surface area contributed by atoms with Gasteiger partial charge in [-0.2, -0.15) is 5.10 Å². The normalized spacial score (nSPS) is 20.1. The number of nitrogens with one attached hydrogen (secondary N) is 1. The van der Waals surface area contributed by atoms with Crippen molar-refractivity contribution in [2.45, 2.75) is 45.6 Å². The molecule has 1 N–H and O–H groups in total. The van der Waals surface area contributed by atoms with Crippen LogP contribution in [0.3, 0.4) is 0 Å². The highest BCUT2D eigenvalue weighted by molar-refractivity contribution is 5.23. The third-order valence-electron chi connectivity index (χ3n) is 3.68. The summed E-state index contributed by atoms with van der Waals surface area (Å²) >= 11 is 0. The molecule has 0 amide bonds. The predicted molar refractivity (Wildman–Crippen MR) is 77.2 cm³/mol. The highest BCUT2D eigenvalue weighted by Gasteiger charge is 2.21. The summed E-state index contributed by atoms with van der Waals surface area (Å²) < 4.78 is 7.32. The first kappa shape index (κ1) is 14.5. The summed E-state index contributed by atoms with van der Waals surface area (Å²) in [4.78, 5) is 0. The van der Waals surface area contributed by atoms with Crippen molar-refractivity contribution in [1.82, 2.24) is 15.1 Å². The van der Waals surface area contributed by atoms with E-state index in [1.165, 1.54) is 24.1 Å². The Morgan fingerprint density at radius 3 is 2.89 bits per heavy atom. The smallest absolute Gasteiger partial charge is 0.0722 e. The molecule has 0 aliphatic carbocycles. The van der Waals surface area contributed by atoms with Crippen LogP contribution >= 0.6 is 0 Å². The molecule has 1 aromatic heterocycles. The average Bonchev–Trinajstić information content (AvgIpc) is 2.93. The Hall–Kier alpha value is -0.870. The lowest BCUT2D eigenvalue weighted by Crippen LogP contribution is -2.21. The number of aromatic nitrogens is 2. The Morgan fingerprint density at radius 2 is 2.26 bits per heavy atom. The van der Waals surface area contributed by atoms with E-state index >= 15 is 0 Å². The van der Waals surface area contributed by atoms with Gasteiger partial charge in [0.05, 0.1) is 5.69 Å². The maximum Gasteiger partial charge on any atom is 0.0722 e. The van der Waals surface area contributed by atoms with Gasteiger partial charge in [0.2, 0.25) is 0 Å². The van der Waals surface area contributed by atoms with Crippen molar-refractivity contribution in [2.24, 2.45) is 13.0 Å². The molecule has 19 heavy (non-hydrogen) atoms. The molecular formula is C15H27N3O. The third kappa shape index (κ3) is 4.05. The van der Waals surface area contributed by atoms with Gasteiger partial charge in [-0.05, 0) is 25.3 Å². The van der Waals surface area contributed by atoms with Gasteiger partial charge in [-0.15, -0.1) is 0 Å². The van der Waals surface area contributed by atoms with Crippen LogP contribution in [0, 0.1) is 5.92 Å². The monoisotopic (exact) mass is 265 g/mol. The number of aryl methyl sites for hydroxylation is 1. The molecule has 0 spiro atoms. The standard InChI is InChI=1S/C15H27N3O/c1-15(2,3)14-13(10-18(4)17-14)9-16-7-5-12-6-8-19-11-12/h10,12,16H,5-9,11H2,1-4H3. The van der Waals surface area contributed by atoms with Gasteiger partial charge >= 0.3 is 0 Å². The summed E-state index contributed by atoms with van der Waals surface area (Å²) in [5.41, 5.74) is 2.63. The lowest BCUT2D eigenvalue weighted by molar-refractivity contribution is 0.184. The van der Waals surface area contributed by atoms with Crippen LogP contribution in [0.5, 0.6) is 0 Å². The number of rotatable bonds is 5. The van der Waals surface area contributed by atoms with Crippen molar-refractivity contribution in [3.05, 3.63) is 17.5 Å². The van der Waals surface area contributed by atoms with Crippen LogP contribution in [-0.2, 0) is 23.7 Å². The molecule has 1 atom stereocenters. The zero-order valence-electron chi connectivity index (χ0n) is 12.7. The molecule has 4 nitrogen and oxygen atoms in total. The van der Waals surface area contributed by atoms with Crippen LogP contribution in [0.1, 0.15) is 44.9 Å². The fraction of sp³-hybridized carbons (Fsp3) is 0.800. The number of nitrogens with zero attached hydrogens (tertiary/aromatic N) is 2. The lowest BCUT2D eigenvalue weighted by Gasteiger charge is -2.17. The second kappa shape index (κ2) is 6.06. The van der Waals surface area contributed by atoms with Crippen molar-refractivity contribution in [1.29, 1.82) is 0 Å². The third-order valence-corrected chi connectivity index (χ3v) is 3.68. The van der Waals surface area contributed by atoms with Crippen molar-refractivity contribution in [3.8, 4) is 0 Å². The maximum absolute atomic E-state index is 5.40. The van der Waals surface area contributed by atoms with Crippen molar-refractivity contribution in [2.75, 3.05) is 19.8 Å². The van der Waals surface area contributed by atoms with Crippen LogP contribution < -0.4 is 5.32 Å². The van der Waals surface area contributed by atoms with Gasteiger partial charge in [0.1, 0.15) is 0 Å². The molecule has 108 valence electrons. The molecule has 1 fully saturated rings. The first-order valence-corrected chi connectivity index (χ1v) is 7.28. The summed E-state index contributed by atoms with van der Waals surface area (Å²) in [6.07, 6.45) is 4.57. The largest absolute Gasteiger partial charge is 0.381 e. The first-order chi connectivity index (χ1) is 8.97. The molecule has 0 radical (unpaired) electrons. The number of ether oxygens (including phenoxy) is 1. The second-order valence-electron chi connectivity index (χ2n) is 6.62. The highest BCUT2D eigenvalue weighted by atomic mass is 16.5. The Labute approximate surface area is 116 Å². The van der Waals surface area contributed by atoms with Crippen LogP contribution in [0.2, 0.25) is 0 Å². The molecule has 2 rings (SSSR count). The molecule has 0 aromatic carbocycles. The van der Waals surface area contributed by atoms with Gasteiger partial charge in [-0.1, -0.05) is 20.8 Å². The Balaban J connectivity index is 1.82. The number of hydrogen-bond donors (Lipinski definition) is 1. The van der Waals surface area contributed by atoms with E-state index in [2.05, 4.69) is 37.4 Å². The van der Waals surface area contributed by atoms with E-state index in [0.29, 0.717) is 0 Å². The van der Waals surface area contributed by atoms with Gasteiger partial charge in [0.25, 0.3) is 0 Å². The fourth-order valence-electron chi connectivity index (χ4n) is 2.64. The van der Waals surface area contributed by atoms with Crippen LogP contribution in [0.25, 0.3) is 0 Å². The molecule has 4 heteroatoms. The first-order valence-electron chi connectivity index (χ1n) is 7.28. The van der Waals surface area contributed by atoms with Crippen molar-refractivity contribution < 1.29 is 4.74 Å². The topological polar surface area (TPSA) is 39.1 Å². The molecule has 1 aliphatic heterocycles. The van der Waals surface area contributed by atoms with Gasteiger partial charge in [-0.25, -0.2) is 0 Å². The Morgan fingerprint density at radius 1 is 1.47 bits per heavy atom. The molecule has 2 heterocycles. The summed E-state index contributed by atoms with van der Waals surface area (Å²) in [5, 5.41) is 8.14. The van der Waals surface area contributed by atoms with E-state index in [1.54, 1.807) is 0 Å². The molecule has 0 saturated carbocycles. The summed E-state index contributed by atoms with van der Waals surface area (Å²) in [6.45, 7) is 10.5. The van der Waals surface area contributed by atoms with E-state index in [-0.39, 0.29) is 5.41 Å². The minimum absolute atomic E-state index is 0.109. The van der Waals surface area contributed by atoms with E-state index in [4.69, 9.17) is 4.74 Å². The van der Waals surface area contributed by atoms with E-state index in [0.717, 1.165) is 32.2 Å². The van der Waals surface area contributed by atoms with Crippen molar-refractivity contribution in [3.63, 3.8) is 0 Å². The quantitative estimate of drug-likeness (QED) is 0.830. The van der Waals surface area contributed by atoms with Gasteiger partial charge in [-0.3, -0.25) is 4.68 Å². The summed E-state index contributed by atoms with van der Waals surface area (Å²) in [5.74, 6) is 0.753. The van der Waals surface area contributed by atoms with Crippen LogP contribution in [0.15, 0.2) is 6.20 Å². The Bertz CT molecular complexity index is 400.